The Labute approximate surface area is 142 Å². The van der Waals surface area contributed by atoms with Gasteiger partial charge in [-0.05, 0) is 30.5 Å². The molecule has 132 valence electrons. The van der Waals surface area contributed by atoms with Gasteiger partial charge in [-0.1, -0.05) is 37.8 Å². The molecule has 0 saturated heterocycles. The number of nitrogens with zero attached hydrogens (tertiary/aromatic N) is 1. The lowest BCUT2D eigenvalue weighted by atomic mass is 10.1. The van der Waals surface area contributed by atoms with Gasteiger partial charge < -0.3 is 16.4 Å². The highest BCUT2D eigenvalue weighted by Gasteiger charge is 2.12. The molecule has 0 heterocycles. The fourth-order valence-corrected chi connectivity index (χ4v) is 2.94. The van der Waals surface area contributed by atoms with E-state index in [1.165, 1.54) is 37.8 Å². The number of hydrogen-bond acceptors (Lipinski definition) is 2. The van der Waals surface area contributed by atoms with Gasteiger partial charge in [-0.3, -0.25) is 9.79 Å². The fourth-order valence-electron chi connectivity index (χ4n) is 2.94. The number of halogens is 1. The van der Waals surface area contributed by atoms with Crippen LogP contribution in [0.1, 0.15) is 44.1 Å². The van der Waals surface area contributed by atoms with E-state index in [1.807, 2.05) is 0 Å². The molecule has 1 aromatic rings. The second-order valence-electron chi connectivity index (χ2n) is 6.26. The molecule has 1 saturated carbocycles. The molecule has 0 bridgehead atoms. The molecule has 6 heteroatoms. The lowest BCUT2D eigenvalue weighted by molar-refractivity contribution is -0.120. The number of nitrogens with two attached hydrogens (primary N) is 1. The van der Waals surface area contributed by atoms with Gasteiger partial charge in [0.25, 0.3) is 0 Å². The second kappa shape index (κ2) is 9.90. The van der Waals surface area contributed by atoms with E-state index in [1.54, 1.807) is 12.1 Å². The number of rotatable bonds is 6. The monoisotopic (exact) mass is 334 g/mol. The van der Waals surface area contributed by atoms with Crippen molar-refractivity contribution in [2.24, 2.45) is 10.7 Å². The third-order valence-electron chi connectivity index (χ3n) is 4.18. The zero-order valence-corrected chi connectivity index (χ0v) is 14.1. The predicted octanol–water partition coefficient (Wildman–Crippen LogP) is 2.11. The summed E-state index contributed by atoms with van der Waals surface area (Å²) in [5.41, 5.74) is 6.56. The van der Waals surface area contributed by atoms with Gasteiger partial charge in [-0.15, -0.1) is 0 Å². The topological polar surface area (TPSA) is 79.5 Å². The molecule has 24 heavy (non-hydrogen) atoms. The van der Waals surface area contributed by atoms with Gasteiger partial charge in [0.2, 0.25) is 5.91 Å². The summed E-state index contributed by atoms with van der Waals surface area (Å²) in [5, 5.41) is 6.03. The van der Waals surface area contributed by atoms with Crippen molar-refractivity contribution in [3.8, 4) is 0 Å². The smallest absolute Gasteiger partial charge is 0.224 e. The van der Waals surface area contributed by atoms with Gasteiger partial charge in [0.15, 0.2) is 5.96 Å². The van der Waals surface area contributed by atoms with Gasteiger partial charge in [-0.2, -0.15) is 0 Å². The van der Waals surface area contributed by atoms with Crippen LogP contribution in [0.15, 0.2) is 29.3 Å². The first kappa shape index (κ1) is 18.2. The van der Waals surface area contributed by atoms with E-state index < -0.39 is 0 Å². The van der Waals surface area contributed by atoms with E-state index in [2.05, 4.69) is 15.6 Å². The van der Waals surface area contributed by atoms with Crippen molar-refractivity contribution in [3.63, 3.8) is 0 Å². The number of amides is 1. The Morgan fingerprint density at radius 3 is 2.71 bits per heavy atom. The molecule has 1 fully saturated rings. The molecule has 1 aliphatic carbocycles. The van der Waals surface area contributed by atoms with Crippen LogP contribution in [0, 0.1) is 5.82 Å². The minimum Gasteiger partial charge on any atom is -0.370 e. The van der Waals surface area contributed by atoms with Gasteiger partial charge in [0.1, 0.15) is 5.82 Å². The zero-order valence-electron chi connectivity index (χ0n) is 14.1. The minimum atomic E-state index is -0.331. The Kier molecular flexibility index (Phi) is 7.52. The highest BCUT2D eigenvalue weighted by atomic mass is 19.1. The van der Waals surface area contributed by atoms with Crippen molar-refractivity contribution in [2.45, 2.75) is 51.0 Å². The molecule has 4 N–H and O–H groups in total. The molecular formula is C18H27FN4O. The molecule has 1 aromatic carbocycles. The SMILES string of the molecule is NC(=NCCNC(=O)Cc1cccc(F)c1)NC1CCCCCC1. The first-order chi connectivity index (χ1) is 11.6. The molecule has 1 aliphatic rings. The normalized spacial score (nSPS) is 16.5. The highest BCUT2D eigenvalue weighted by Crippen LogP contribution is 2.16. The van der Waals surface area contributed by atoms with Crippen LogP contribution in [0.25, 0.3) is 0 Å². The lowest BCUT2D eigenvalue weighted by Crippen LogP contribution is -2.40. The average molecular weight is 334 g/mol. The largest absolute Gasteiger partial charge is 0.370 e. The van der Waals surface area contributed by atoms with Crippen LogP contribution < -0.4 is 16.4 Å². The third-order valence-corrected chi connectivity index (χ3v) is 4.18. The molecule has 2 rings (SSSR count). The van der Waals surface area contributed by atoms with Gasteiger partial charge >= 0.3 is 0 Å². The quantitative estimate of drug-likeness (QED) is 0.323. The van der Waals surface area contributed by atoms with Crippen molar-refractivity contribution < 1.29 is 9.18 Å². The summed E-state index contributed by atoms with van der Waals surface area (Å²) in [6.45, 7) is 0.849. The third kappa shape index (κ3) is 6.98. The molecule has 0 aliphatic heterocycles. The summed E-state index contributed by atoms with van der Waals surface area (Å²) in [6, 6.07) is 6.48. The summed E-state index contributed by atoms with van der Waals surface area (Å²) in [4.78, 5) is 16.0. The number of guanidine groups is 1. The van der Waals surface area contributed by atoms with Crippen LogP contribution in [-0.2, 0) is 11.2 Å². The number of carbonyl (C=O) groups is 1. The first-order valence-electron chi connectivity index (χ1n) is 8.71. The van der Waals surface area contributed by atoms with E-state index in [4.69, 9.17) is 5.73 Å². The number of carbonyl (C=O) groups excluding carboxylic acids is 1. The van der Waals surface area contributed by atoms with E-state index in [9.17, 15) is 9.18 Å². The van der Waals surface area contributed by atoms with Crippen LogP contribution >= 0.6 is 0 Å². The summed E-state index contributed by atoms with van der Waals surface area (Å²) in [5.74, 6) is -0.0327. The molecular weight excluding hydrogens is 307 g/mol. The number of hydrogen-bond donors (Lipinski definition) is 3. The zero-order chi connectivity index (χ0) is 17.2. The molecule has 0 atom stereocenters. The van der Waals surface area contributed by atoms with Crippen molar-refractivity contribution in [3.05, 3.63) is 35.6 Å². The van der Waals surface area contributed by atoms with Crippen molar-refractivity contribution in [2.75, 3.05) is 13.1 Å². The fraction of sp³-hybridized carbons (Fsp3) is 0.556. The minimum absolute atomic E-state index is 0.147. The lowest BCUT2D eigenvalue weighted by Gasteiger charge is -2.16. The van der Waals surface area contributed by atoms with Crippen molar-refractivity contribution in [1.82, 2.24) is 10.6 Å². The first-order valence-corrected chi connectivity index (χ1v) is 8.71. The average Bonchev–Trinajstić information content (AvgIpc) is 2.80. The Morgan fingerprint density at radius 2 is 2.00 bits per heavy atom. The van der Waals surface area contributed by atoms with Gasteiger partial charge in [0.05, 0.1) is 13.0 Å². The van der Waals surface area contributed by atoms with E-state index in [-0.39, 0.29) is 18.1 Å². The maximum atomic E-state index is 13.1. The Balaban J connectivity index is 1.64. The summed E-state index contributed by atoms with van der Waals surface area (Å²) < 4.78 is 13.1. The summed E-state index contributed by atoms with van der Waals surface area (Å²) in [6.07, 6.45) is 7.51. The van der Waals surface area contributed by atoms with Gasteiger partial charge in [-0.25, -0.2) is 4.39 Å². The Bertz CT molecular complexity index is 554. The molecule has 0 unspecified atom stereocenters. The molecule has 1 amide bonds. The maximum absolute atomic E-state index is 13.1. The van der Waals surface area contributed by atoms with E-state index >= 15 is 0 Å². The van der Waals surface area contributed by atoms with Crippen LogP contribution in [0.3, 0.4) is 0 Å². The number of benzene rings is 1. The molecule has 0 aromatic heterocycles. The van der Waals surface area contributed by atoms with E-state index in [0.717, 1.165) is 12.8 Å². The standard InChI is InChI=1S/C18H27FN4O/c19-15-7-5-6-14(12-15)13-17(24)21-10-11-22-18(20)23-16-8-3-1-2-4-9-16/h5-7,12,16H,1-4,8-11,13H2,(H,21,24)(H3,20,22,23). The molecule has 0 radical (unpaired) electrons. The van der Waals surface area contributed by atoms with Crippen LogP contribution in [0.5, 0.6) is 0 Å². The maximum Gasteiger partial charge on any atom is 0.224 e. The predicted molar refractivity (Wildman–Crippen MR) is 94.2 cm³/mol. The molecule has 5 nitrogen and oxygen atoms in total. The summed E-state index contributed by atoms with van der Waals surface area (Å²) >= 11 is 0. The van der Waals surface area contributed by atoms with E-state index in [0.29, 0.717) is 30.7 Å². The van der Waals surface area contributed by atoms with Crippen molar-refractivity contribution in [1.29, 1.82) is 0 Å². The second-order valence-corrected chi connectivity index (χ2v) is 6.26. The highest BCUT2D eigenvalue weighted by molar-refractivity contribution is 5.79. The number of nitrogens with one attached hydrogen (secondary N) is 2. The Hall–Kier alpha value is -2.11. The van der Waals surface area contributed by atoms with Crippen molar-refractivity contribution >= 4 is 11.9 Å². The molecule has 0 spiro atoms. The Morgan fingerprint density at radius 1 is 1.25 bits per heavy atom. The summed E-state index contributed by atoms with van der Waals surface area (Å²) in [7, 11) is 0. The number of aliphatic imine (C=N–C) groups is 1. The van der Waals surface area contributed by atoms with Crippen LogP contribution in [-0.4, -0.2) is 31.0 Å². The van der Waals surface area contributed by atoms with Crippen LogP contribution in [0.2, 0.25) is 0 Å². The van der Waals surface area contributed by atoms with Crippen LogP contribution in [0.4, 0.5) is 4.39 Å². The van der Waals surface area contributed by atoms with Gasteiger partial charge in [0, 0.05) is 12.6 Å².